The van der Waals surface area contributed by atoms with Crippen LogP contribution in [-0.4, -0.2) is 25.5 Å². The number of benzene rings is 1. The zero-order valence-electron chi connectivity index (χ0n) is 12.3. The van der Waals surface area contributed by atoms with E-state index in [0.29, 0.717) is 11.8 Å². The van der Waals surface area contributed by atoms with Gasteiger partial charge in [0.1, 0.15) is 0 Å². The molecular weight excluding hydrogens is 248 g/mol. The third kappa shape index (κ3) is 2.73. The second-order valence-electron chi connectivity index (χ2n) is 6.13. The van der Waals surface area contributed by atoms with Crippen molar-refractivity contribution in [1.29, 1.82) is 0 Å². The summed E-state index contributed by atoms with van der Waals surface area (Å²) in [4.78, 5) is 14.7. The number of para-hydroxylation sites is 1. The fourth-order valence-corrected chi connectivity index (χ4v) is 3.54. The van der Waals surface area contributed by atoms with Crippen LogP contribution in [0.4, 0.5) is 5.69 Å². The summed E-state index contributed by atoms with van der Waals surface area (Å²) in [6, 6.07) is 6.40. The van der Waals surface area contributed by atoms with Crippen LogP contribution in [0.5, 0.6) is 0 Å². The number of piperidine rings is 1. The van der Waals surface area contributed by atoms with Gasteiger partial charge in [0, 0.05) is 18.7 Å². The van der Waals surface area contributed by atoms with Gasteiger partial charge in [-0.25, -0.2) is 0 Å². The van der Waals surface area contributed by atoms with Gasteiger partial charge in [0.15, 0.2) is 0 Å². The Hall–Kier alpha value is -1.35. The molecule has 0 unspecified atom stereocenters. The molecule has 0 spiro atoms. The van der Waals surface area contributed by atoms with Crippen molar-refractivity contribution in [2.75, 3.05) is 24.5 Å². The number of carbonyl (C=O) groups is 1. The van der Waals surface area contributed by atoms with Gasteiger partial charge in [-0.2, -0.15) is 0 Å². The van der Waals surface area contributed by atoms with Gasteiger partial charge in [0.25, 0.3) is 0 Å². The fraction of sp³-hybridized carbons (Fsp3) is 0.588. The first-order valence-corrected chi connectivity index (χ1v) is 7.85. The molecule has 2 aliphatic heterocycles. The number of fused-ring (bicyclic) bond motifs is 1. The van der Waals surface area contributed by atoms with Gasteiger partial charge in [-0.3, -0.25) is 4.79 Å². The van der Waals surface area contributed by atoms with Crippen molar-refractivity contribution in [2.45, 2.75) is 39.0 Å². The molecule has 1 fully saturated rings. The largest absolute Gasteiger partial charge is 0.317 e. The number of nitrogens with zero attached hydrogens (tertiary/aromatic N) is 1. The van der Waals surface area contributed by atoms with E-state index < -0.39 is 0 Å². The van der Waals surface area contributed by atoms with Gasteiger partial charge in [0.2, 0.25) is 5.91 Å². The third-order valence-corrected chi connectivity index (χ3v) is 4.64. The minimum absolute atomic E-state index is 0.326. The topological polar surface area (TPSA) is 32.3 Å². The highest BCUT2D eigenvalue weighted by Crippen LogP contribution is 2.31. The standard InChI is InChI=1S/C17H24N2O/c1-13-4-2-5-15-6-3-11-19(17(13)15)16(20)12-14-7-9-18-10-8-14/h2,4-5,14,18H,3,6-12H2,1H3. The van der Waals surface area contributed by atoms with E-state index in [2.05, 4.69) is 35.3 Å². The molecule has 1 saturated heterocycles. The minimum Gasteiger partial charge on any atom is -0.317 e. The Morgan fingerprint density at radius 1 is 1.35 bits per heavy atom. The summed E-state index contributed by atoms with van der Waals surface area (Å²) in [7, 11) is 0. The Morgan fingerprint density at radius 2 is 2.15 bits per heavy atom. The quantitative estimate of drug-likeness (QED) is 0.897. The average molecular weight is 272 g/mol. The normalized spacial score (nSPS) is 19.8. The maximum Gasteiger partial charge on any atom is 0.227 e. The smallest absolute Gasteiger partial charge is 0.227 e. The van der Waals surface area contributed by atoms with Gasteiger partial charge in [0.05, 0.1) is 0 Å². The molecule has 1 aromatic carbocycles. The van der Waals surface area contributed by atoms with E-state index in [1.807, 2.05) is 0 Å². The van der Waals surface area contributed by atoms with Crippen LogP contribution >= 0.6 is 0 Å². The molecular formula is C17H24N2O. The van der Waals surface area contributed by atoms with Crippen LogP contribution < -0.4 is 10.2 Å². The van der Waals surface area contributed by atoms with Crippen molar-refractivity contribution in [3.05, 3.63) is 29.3 Å². The Labute approximate surface area is 121 Å². The Bertz CT molecular complexity index is 492. The van der Waals surface area contributed by atoms with Crippen LogP contribution in [0.3, 0.4) is 0 Å². The van der Waals surface area contributed by atoms with E-state index in [1.165, 1.54) is 16.8 Å². The molecule has 1 N–H and O–H groups in total. The number of hydrogen-bond acceptors (Lipinski definition) is 2. The summed E-state index contributed by atoms with van der Waals surface area (Å²) in [6.07, 6.45) is 5.19. The lowest BCUT2D eigenvalue weighted by atomic mass is 9.92. The molecule has 3 rings (SSSR count). The van der Waals surface area contributed by atoms with Crippen molar-refractivity contribution in [2.24, 2.45) is 5.92 Å². The van der Waals surface area contributed by atoms with Crippen LogP contribution in [0.15, 0.2) is 18.2 Å². The summed E-state index contributed by atoms with van der Waals surface area (Å²) in [5.41, 5.74) is 3.77. The van der Waals surface area contributed by atoms with Gasteiger partial charge in [-0.05, 0) is 62.7 Å². The van der Waals surface area contributed by atoms with Gasteiger partial charge in [-0.15, -0.1) is 0 Å². The summed E-state index contributed by atoms with van der Waals surface area (Å²) in [5.74, 6) is 0.894. The molecule has 0 aliphatic carbocycles. The monoisotopic (exact) mass is 272 g/mol. The lowest BCUT2D eigenvalue weighted by Gasteiger charge is -2.33. The van der Waals surface area contributed by atoms with Crippen LogP contribution in [-0.2, 0) is 11.2 Å². The van der Waals surface area contributed by atoms with Crippen molar-refractivity contribution in [1.82, 2.24) is 5.32 Å². The first-order valence-electron chi connectivity index (χ1n) is 7.85. The first-order chi connectivity index (χ1) is 9.75. The van der Waals surface area contributed by atoms with E-state index in [4.69, 9.17) is 0 Å². The Balaban J connectivity index is 1.76. The van der Waals surface area contributed by atoms with Gasteiger partial charge < -0.3 is 10.2 Å². The van der Waals surface area contributed by atoms with E-state index in [-0.39, 0.29) is 0 Å². The van der Waals surface area contributed by atoms with Gasteiger partial charge in [-0.1, -0.05) is 18.2 Å². The van der Waals surface area contributed by atoms with E-state index in [1.54, 1.807) is 0 Å². The summed E-state index contributed by atoms with van der Waals surface area (Å²) >= 11 is 0. The molecule has 0 aromatic heterocycles. The summed E-state index contributed by atoms with van der Waals surface area (Å²) in [5, 5.41) is 3.37. The minimum atomic E-state index is 0.326. The molecule has 20 heavy (non-hydrogen) atoms. The summed E-state index contributed by atoms with van der Waals surface area (Å²) < 4.78 is 0. The molecule has 0 radical (unpaired) electrons. The molecule has 1 aromatic rings. The average Bonchev–Trinajstić information content (AvgIpc) is 2.48. The second-order valence-corrected chi connectivity index (χ2v) is 6.13. The number of rotatable bonds is 2. The maximum absolute atomic E-state index is 12.7. The predicted molar refractivity (Wildman–Crippen MR) is 82.1 cm³/mol. The number of anilines is 1. The number of hydrogen-bond donors (Lipinski definition) is 1. The first kappa shape index (κ1) is 13.6. The van der Waals surface area contributed by atoms with Crippen LogP contribution in [0.2, 0.25) is 0 Å². The number of aryl methyl sites for hydroxylation is 2. The molecule has 0 bridgehead atoms. The Kier molecular flexibility index (Phi) is 4.06. The lowest BCUT2D eigenvalue weighted by Crippen LogP contribution is -2.38. The highest BCUT2D eigenvalue weighted by molar-refractivity contribution is 5.95. The SMILES string of the molecule is Cc1cccc2c1N(C(=O)CC1CCNCC1)CCC2. The Morgan fingerprint density at radius 3 is 2.95 bits per heavy atom. The number of carbonyl (C=O) groups excluding carboxylic acids is 1. The number of nitrogens with one attached hydrogen (secondary N) is 1. The van der Waals surface area contributed by atoms with E-state index >= 15 is 0 Å². The lowest BCUT2D eigenvalue weighted by molar-refractivity contribution is -0.119. The zero-order chi connectivity index (χ0) is 13.9. The fourth-order valence-electron chi connectivity index (χ4n) is 3.54. The van der Waals surface area contributed by atoms with Crippen molar-refractivity contribution < 1.29 is 4.79 Å². The molecule has 3 heteroatoms. The second kappa shape index (κ2) is 5.96. The molecule has 3 nitrogen and oxygen atoms in total. The zero-order valence-corrected chi connectivity index (χ0v) is 12.3. The van der Waals surface area contributed by atoms with Crippen molar-refractivity contribution >= 4 is 11.6 Å². The number of amides is 1. The van der Waals surface area contributed by atoms with Crippen molar-refractivity contribution in [3.8, 4) is 0 Å². The highest BCUT2D eigenvalue weighted by atomic mass is 16.2. The molecule has 2 aliphatic rings. The third-order valence-electron chi connectivity index (χ3n) is 4.64. The molecule has 2 heterocycles. The molecule has 0 atom stereocenters. The maximum atomic E-state index is 12.7. The van der Waals surface area contributed by atoms with E-state index in [0.717, 1.165) is 51.7 Å². The molecule has 1 amide bonds. The molecule has 0 saturated carbocycles. The summed E-state index contributed by atoms with van der Waals surface area (Å²) in [6.45, 7) is 5.14. The van der Waals surface area contributed by atoms with E-state index in [9.17, 15) is 4.79 Å². The van der Waals surface area contributed by atoms with Crippen LogP contribution in [0.1, 0.15) is 36.8 Å². The van der Waals surface area contributed by atoms with Crippen molar-refractivity contribution in [3.63, 3.8) is 0 Å². The highest BCUT2D eigenvalue weighted by Gasteiger charge is 2.26. The van der Waals surface area contributed by atoms with Crippen LogP contribution in [0, 0.1) is 12.8 Å². The molecule has 108 valence electrons. The van der Waals surface area contributed by atoms with Crippen LogP contribution in [0.25, 0.3) is 0 Å². The van der Waals surface area contributed by atoms with Gasteiger partial charge >= 0.3 is 0 Å². The predicted octanol–water partition coefficient (Wildman–Crippen LogP) is 2.66.